The van der Waals surface area contributed by atoms with E-state index in [0.29, 0.717) is 44.8 Å². The van der Waals surface area contributed by atoms with Crippen LogP contribution in [-0.4, -0.2) is 61.5 Å². The highest BCUT2D eigenvalue weighted by Crippen LogP contribution is 2.31. The number of hydrogen-bond donors (Lipinski definition) is 0. The van der Waals surface area contributed by atoms with Crippen molar-refractivity contribution >= 4 is 17.5 Å². The molecule has 2 saturated heterocycles. The molecule has 2 amide bonds. The average molecular weight is 376 g/mol. The lowest BCUT2D eigenvalue weighted by Crippen LogP contribution is -2.50. The minimum absolute atomic E-state index is 0.0223. The number of likely N-dealkylation sites (tertiary alicyclic amines) is 1. The maximum atomic E-state index is 12.7. The summed E-state index contributed by atoms with van der Waals surface area (Å²) in [4.78, 5) is 28.1. The molecule has 2 aliphatic rings. The van der Waals surface area contributed by atoms with Gasteiger partial charge in [-0.25, -0.2) is 0 Å². The van der Waals surface area contributed by atoms with E-state index in [0.717, 1.165) is 5.75 Å². The topological polar surface area (TPSA) is 68.3 Å². The minimum atomic E-state index is -0.511. The van der Waals surface area contributed by atoms with Crippen LogP contribution in [0.1, 0.15) is 33.6 Å². The van der Waals surface area contributed by atoms with Crippen LogP contribution in [0.5, 0.6) is 5.75 Å². The molecule has 0 aromatic heterocycles. The van der Waals surface area contributed by atoms with E-state index in [1.54, 1.807) is 17.0 Å². The second-order valence-corrected chi connectivity index (χ2v) is 7.25. The first-order valence-corrected chi connectivity index (χ1v) is 9.49. The zero-order chi connectivity index (χ0) is 19.4. The van der Waals surface area contributed by atoms with Gasteiger partial charge in [-0.05, 0) is 38.1 Å². The van der Waals surface area contributed by atoms with Gasteiger partial charge >= 0.3 is 0 Å². The van der Waals surface area contributed by atoms with Crippen LogP contribution in [-0.2, 0) is 19.1 Å². The summed E-state index contributed by atoms with van der Waals surface area (Å²) in [5.74, 6) is -0.0117. The molecule has 0 saturated carbocycles. The van der Waals surface area contributed by atoms with Crippen LogP contribution in [0.2, 0.25) is 0 Å². The normalized spacial score (nSPS) is 18.7. The third kappa shape index (κ3) is 4.78. The van der Waals surface area contributed by atoms with Crippen molar-refractivity contribution in [1.29, 1.82) is 0 Å². The fraction of sp³-hybridized carbons (Fsp3) is 0.600. The first-order valence-electron chi connectivity index (χ1n) is 9.49. The maximum absolute atomic E-state index is 12.7. The predicted octanol–water partition coefficient (Wildman–Crippen LogP) is 2.19. The Balaban J connectivity index is 1.60. The molecule has 0 aliphatic carbocycles. The van der Waals surface area contributed by atoms with Gasteiger partial charge in [-0.3, -0.25) is 9.59 Å². The van der Waals surface area contributed by atoms with E-state index in [4.69, 9.17) is 14.2 Å². The number of rotatable bonds is 5. The zero-order valence-electron chi connectivity index (χ0n) is 16.3. The summed E-state index contributed by atoms with van der Waals surface area (Å²) in [6.07, 6.45) is 1.41. The second-order valence-electron chi connectivity index (χ2n) is 7.25. The minimum Gasteiger partial charge on any atom is -0.491 e. The van der Waals surface area contributed by atoms with Crippen LogP contribution in [0.3, 0.4) is 0 Å². The van der Waals surface area contributed by atoms with Crippen molar-refractivity contribution in [2.24, 2.45) is 0 Å². The van der Waals surface area contributed by atoms with Crippen molar-refractivity contribution in [3.8, 4) is 5.75 Å². The highest BCUT2D eigenvalue weighted by molar-refractivity contribution is 5.97. The molecule has 1 spiro atoms. The lowest BCUT2D eigenvalue weighted by molar-refractivity contribution is -0.187. The Hall–Kier alpha value is -2.12. The maximum Gasteiger partial charge on any atom is 0.242 e. The average Bonchev–Trinajstić information content (AvgIpc) is 3.08. The number of benzene rings is 1. The van der Waals surface area contributed by atoms with Crippen LogP contribution < -0.4 is 9.64 Å². The van der Waals surface area contributed by atoms with Gasteiger partial charge in [0.15, 0.2) is 5.79 Å². The molecule has 0 unspecified atom stereocenters. The van der Waals surface area contributed by atoms with Gasteiger partial charge in [0.05, 0.1) is 19.3 Å². The predicted molar refractivity (Wildman–Crippen MR) is 101 cm³/mol. The highest BCUT2D eigenvalue weighted by atomic mass is 16.7. The Kier molecular flexibility index (Phi) is 6.01. The number of carbonyl (C=O) groups excluding carboxylic acids is 2. The third-order valence-electron chi connectivity index (χ3n) is 4.89. The SMILES string of the molecule is CC(=O)N(CC(=O)N1CCC2(CC1)OCCO2)c1ccc(OC(C)C)cc1. The van der Waals surface area contributed by atoms with Crippen molar-refractivity contribution in [3.05, 3.63) is 24.3 Å². The Morgan fingerprint density at radius 1 is 1.15 bits per heavy atom. The molecule has 148 valence electrons. The second kappa shape index (κ2) is 8.27. The molecule has 2 fully saturated rings. The van der Waals surface area contributed by atoms with Gasteiger partial charge < -0.3 is 24.0 Å². The van der Waals surface area contributed by atoms with Gasteiger partial charge in [-0.15, -0.1) is 0 Å². The van der Waals surface area contributed by atoms with Gasteiger partial charge in [0.1, 0.15) is 12.3 Å². The third-order valence-corrected chi connectivity index (χ3v) is 4.89. The van der Waals surface area contributed by atoms with Gasteiger partial charge in [-0.2, -0.15) is 0 Å². The number of ether oxygens (including phenoxy) is 3. The Morgan fingerprint density at radius 3 is 2.26 bits per heavy atom. The largest absolute Gasteiger partial charge is 0.491 e. The number of nitrogens with zero attached hydrogens (tertiary/aromatic N) is 2. The Morgan fingerprint density at radius 2 is 1.74 bits per heavy atom. The Bertz CT molecular complexity index is 657. The summed E-state index contributed by atoms with van der Waals surface area (Å²) in [6.45, 7) is 7.78. The molecular formula is C20H28N2O5. The fourth-order valence-corrected chi connectivity index (χ4v) is 3.48. The van der Waals surface area contributed by atoms with Crippen LogP contribution >= 0.6 is 0 Å². The summed E-state index contributed by atoms with van der Waals surface area (Å²) in [7, 11) is 0. The number of piperidine rings is 1. The summed E-state index contributed by atoms with van der Waals surface area (Å²) in [6, 6.07) is 7.24. The van der Waals surface area contributed by atoms with Crippen LogP contribution in [0.15, 0.2) is 24.3 Å². The summed E-state index contributed by atoms with van der Waals surface area (Å²) in [5, 5.41) is 0. The zero-order valence-corrected chi connectivity index (χ0v) is 16.3. The van der Waals surface area contributed by atoms with E-state index in [2.05, 4.69) is 0 Å². The summed E-state index contributed by atoms with van der Waals surface area (Å²) in [5.41, 5.74) is 0.683. The molecule has 1 aromatic carbocycles. The van der Waals surface area contributed by atoms with E-state index in [-0.39, 0.29) is 24.5 Å². The monoisotopic (exact) mass is 376 g/mol. The number of hydrogen-bond acceptors (Lipinski definition) is 5. The number of anilines is 1. The van der Waals surface area contributed by atoms with Crippen molar-refractivity contribution in [2.75, 3.05) is 37.7 Å². The number of carbonyl (C=O) groups is 2. The molecule has 0 bridgehead atoms. The van der Waals surface area contributed by atoms with Gasteiger partial charge in [0, 0.05) is 38.5 Å². The van der Waals surface area contributed by atoms with Crippen LogP contribution in [0.4, 0.5) is 5.69 Å². The molecular weight excluding hydrogens is 348 g/mol. The summed E-state index contributed by atoms with van der Waals surface area (Å²) < 4.78 is 17.0. The van der Waals surface area contributed by atoms with Crippen LogP contribution in [0, 0.1) is 0 Å². The van der Waals surface area contributed by atoms with E-state index in [9.17, 15) is 9.59 Å². The molecule has 7 nitrogen and oxygen atoms in total. The van der Waals surface area contributed by atoms with E-state index < -0.39 is 5.79 Å². The fourth-order valence-electron chi connectivity index (χ4n) is 3.48. The van der Waals surface area contributed by atoms with Crippen molar-refractivity contribution in [1.82, 2.24) is 4.90 Å². The molecule has 2 heterocycles. The standard InChI is InChI=1S/C20H28N2O5/c1-15(2)27-18-6-4-17(5-7-18)22(16(3)23)14-19(24)21-10-8-20(9-11-21)25-12-13-26-20/h4-7,15H,8-14H2,1-3H3. The smallest absolute Gasteiger partial charge is 0.242 e. The molecule has 27 heavy (non-hydrogen) atoms. The number of amides is 2. The molecule has 2 aliphatic heterocycles. The van der Waals surface area contributed by atoms with Crippen molar-refractivity contribution in [3.63, 3.8) is 0 Å². The van der Waals surface area contributed by atoms with Gasteiger partial charge in [0.2, 0.25) is 11.8 Å². The van der Waals surface area contributed by atoms with Crippen LogP contribution in [0.25, 0.3) is 0 Å². The Labute approximate surface area is 160 Å². The van der Waals surface area contributed by atoms with Gasteiger partial charge in [0.25, 0.3) is 0 Å². The molecule has 0 radical (unpaired) electrons. The quantitative estimate of drug-likeness (QED) is 0.788. The van der Waals surface area contributed by atoms with E-state index in [1.807, 2.05) is 26.0 Å². The first kappa shape index (κ1) is 19.6. The highest BCUT2D eigenvalue weighted by Gasteiger charge is 2.40. The molecule has 0 N–H and O–H groups in total. The molecule has 0 atom stereocenters. The van der Waals surface area contributed by atoms with E-state index >= 15 is 0 Å². The van der Waals surface area contributed by atoms with E-state index in [1.165, 1.54) is 11.8 Å². The molecule has 1 aromatic rings. The van der Waals surface area contributed by atoms with Gasteiger partial charge in [-0.1, -0.05) is 0 Å². The lowest BCUT2D eigenvalue weighted by Gasteiger charge is -2.38. The lowest BCUT2D eigenvalue weighted by atomic mass is 10.0. The van der Waals surface area contributed by atoms with Crippen molar-refractivity contribution < 1.29 is 23.8 Å². The molecule has 7 heteroatoms. The molecule has 3 rings (SSSR count). The van der Waals surface area contributed by atoms with Crippen molar-refractivity contribution in [2.45, 2.75) is 45.5 Å². The first-order chi connectivity index (χ1) is 12.9. The summed E-state index contributed by atoms with van der Waals surface area (Å²) >= 11 is 0.